The van der Waals surface area contributed by atoms with Gasteiger partial charge in [0.05, 0.1) is 5.92 Å². The minimum Gasteiger partial charge on any atom is -0.355 e. The van der Waals surface area contributed by atoms with Crippen LogP contribution in [-0.4, -0.2) is 36.2 Å². The van der Waals surface area contributed by atoms with Crippen LogP contribution in [0.5, 0.6) is 0 Å². The Morgan fingerprint density at radius 2 is 2.04 bits per heavy atom. The molecule has 1 fully saturated rings. The number of benzene rings is 2. The van der Waals surface area contributed by atoms with E-state index < -0.39 is 0 Å². The van der Waals surface area contributed by atoms with Crippen molar-refractivity contribution in [3.63, 3.8) is 0 Å². The lowest BCUT2D eigenvalue weighted by Gasteiger charge is -2.32. The molecule has 150 valence electrons. The second-order valence-electron chi connectivity index (χ2n) is 7.53. The van der Waals surface area contributed by atoms with Gasteiger partial charge in [0.2, 0.25) is 5.91 Å². The van der Waals surface area contributed by atoms with Gasteiger partial charge in [-0.1, -0.05) is 53.6 Å². The van der Waals surface area contributed by atoms with Crippen LogP contribution >= 0.6 is 23.4 Å². The van der Waals surface area contributed by atoms with Gasteiger partial charge in [-0.25, -0.2) is 0 Å². The molecule has 2 aromatic carbocycles. The fourth-order valence-corrected chi connectivity index (χ4v) is 4.59. The van der Waals surface area contributed by atoms with Gasteiger partial charge in [0, 0.05) is 36.2 Å². The van der Waals surface area contributed by atoms with Gasteiger partial charge in [-0.15, -0.1) is 0 Å². The van der Waals surface area contributed by atoms with E-state index in [4.69, 9.17) is 11.6 Å². The number of piperidine rings is 1. The van der Waals surface area contributed by atoms with E-state index >= 15 is 0 Å². The van der Waals surface area contributed by atoms with Crippen molar-refractivity contribution < 1.29 is 4.79 Å². The predicted octanol–water partition coefficient (Wildman–Crippen LogP) is 4.91. The number of amides is 1. The van der Waals surface area contributed by atoms with E-state index in [9.17, 15) is 4.79 Å². The molecule has 28 heavy (non-hydrogen) atoms. The van der Waals surface area contributed by atoms with E-state index in [1.807, 2.05) is 23.9 Å². The van der Waals surface area contributed by atoms with Crippen LogP contribution in [0, 0.1) is 12.8 Å². The number of carbonyl (C=O) groups excluding carboxylic acids is 1. The summed E-state index contributed by atoms with van der Waals surface area (Å²) in [6, 6.07) is 16.6. The summed E-state index contributed by atoms with van der Waals surface area (Å²) in [6.07, 6.45) is 2.09. The van der Waals surface area contributed by atoms with Crippen molar-refractivity contribution in [1.82, 2.24) is 10.2 Å². The van der Waals surface area contributed by atoms with E-state index in [1.165, 1.54) is 16.7 Å². The predicted molar refractivity (Wildman–Crippen MR) is 120 cm³/mol. The number of likely N-dealkylation sites (tertiary alicyclic amines) is 1. The third-order valence-electron chi connectivity index (χ3n) is 5.09. The fraction of sp³-hybridized carbons (Fsp3) is 0.435. The van der Waals surface area contributed by atoms with Gasteiger partial charge in [-0.2, -0.15) is 11.8 Å². The molecule has 1 aliphatic heterocycles. The van der Waals surface area contributed by atoms with Crippen LogP contribution in [-0.2, 0) is 17.1 Å². The first kappa shape index (κ1) is 21.2. The topological polar surface area (TPSA) is 32.3 Å². The maximum atomic E-state index is 12.6. The number of carbonyl (C=O) groups is 1. The summed E-state index contributed by atoms with van der Waals surface area (Å²) < 4.78 is 0. The zero-order chi connectivity index (χ0) is 19.8. The van der Waals surface area contributed by atoms with E-state index in [0.29, 0.717) is 0 Å². The number of rotatable bonds is 8. The lowest BCUT2D eigenvalue weighted by molar-refractivity contribution is -0.126. The molecular formula is C23H29ClN2OS. The molecule has 1 N–H and O–H groups in total. The molecule has 1 aliphatic rings. The van der Waals surface area contributed by atoms with E-state index in [2.05, 4.69) is 53.5 Å². The quantitative estimate of drug-likeness (QED) is 0.620. The highest BCUT2D eigenvalue weighted by atomic mass is 35.5. The Morgan fingerprint density at radius 1 is 1.21 bits per heavy atom. The summed E-state index contributed by atoms with van der Waals surface area (Å²) in [7, 11) is 0. The van der Waals surface area contributed by atoms with Gasteiger partial charge >= 0.3 is 0 Å². The van der Waals surface area contributed by atoms with Crippen molar-refractivity contribution in [3.8, 4) is 0 Å². The van der Waals surface area contributed by atoms with E-state index in [1.54, 1.807) is 0 Å². The lowest BCUT2D eigenvalue weighted by Crippen LogP contribution is -2.43. The van der Waals surface area contributed by atoms with Crippen LogP contribution in [0.3, 0.4) is 0 Å². The second-order valence-corrected chi connectivity index (χ2v) is 9.08. The van der Waals surface area contributed by atoms with Crippen molar-refractivity contribution in [2.24, 2.45) is 5.92 Å². The van der Waals surface area contributed by atoms with Crippen LogP contribution in [0.25, 0.3) is 0 Å². The van der Waals surface area contributed by atoms with Gasteiger partial charge in [0.1, 0.15) is 0 Å². The first-order valence-corrected chi connectivity index (χ1v) is 11.5. The summed E-state index contributed by atoms with van der Waals surface area (Å²) in [5, 5.41) is 3.90. The minimum atomic E-state index is 0.111. The Bertz CT molecular complexity index is 765. The van der Waals surface area contributed by atoms with Crippen LogP contribution in [0.2, 0.25) is 5.02 Å². The number of nitrogens with one attached hydrogen (secondary N) is 1. The highest BCUT2D eigenvalue weighted by Crippen LogP contribution is 2.19. The number of thioether (sulfide) groups is 1. The zero-order valence-electron chi connectivity index (χ0n) is 16.5. The fourth-order valence-electron chi connectivity index (χ4n) is 3.64. The molecule has 0 spiro atoms. The highest BCUT2D eigenvalue weighted by molar-refractivity contribution is 7.98. The second kappa shape index (κ2) is 10.9. The van der Waals surface area contributed by atoms with Gasteiger partial charge in [0.25, 0.3) is 0 Å². The van der Waals surface area contributed by atoms with Gasteiger partial charge in [0.15, 0.2) is 0 Å². The smallest absolute Gasteiger partial charge is 0.224 e. The Hall–Kier alpha value is -1.49. The Labute approximate surface area is 177 Å². The Kier molecular flexibility index (Phi) is 8.26. The molecule has 1 saturated heterocycles. The largest absolute Gasteiger partial charge is 0.355 e. The third-order valence-corrected chi connectivity index (χ3v) is 6.37. The summed E-state index contributed by atoms with van der Waals surface area (Å²) >= 11 is 7.75. The van der Waals surface area contributed by atoms with Crippen molar-refractivity contribution in [2.45, 2.75) is 32.1 Å². The molecule has 0 bridgehead atoms. The first-order valence-electron chi connectivity index (χ1n) is 9.98. The van der Waals surface area contributed by atoms with Crippen molar-refractivity contribution in [1.29, 1.82) is 0 Å². The SMILES string of the molecule is Cc1cccc(CN2CCCC(C(=O)NCCSCc3ccc(Cl)cc3)C2)c1. The molecule has 1 heterocycles. The third kappa shape index (κ3) is 6.84. The summed E-state index contributed by atoms with van der Waals surface area (Å²) in [6.45, 7) is 5.72. The Balaban J connectivity index is 1.36. The monoisotopic (exact) mass is 416 g/mol. The van der Waals surface area contributed by atoms with Crippen LogP contribution in [0.15, 0.2) is 48.5 Å². The molecule has 1 unspecified atom stereocenters. The molecule has 1 atom stereocenters. The Morgan fingerprint density at radius 3 is 2.82 bits per heavy atom. The van der Waals surface area contributed by atoms with Crippen LogP contribution in [0.1, 0.15) is 29.5 Å². The van der Waals surface area contributed by atoms with Gasteiger partial charge in [-0.05, 0) is 49.6 Å². The van der Waals surface area contributed by atoms with Crippen molar-refractivity contribution >= 4 is 29.3 Å². The molecule has 3 rings (SSSR count). The number of aryl methyl sites for hydroxylation is 1. The van der Waals surface area contributed by atoms with E-state index in [0.717, 1.165) is 55.5 Å². The molecule has 2 aromatic rings. The number of hydrogen-bond acceptors (Lipinski definition) is 3. The van der Waals surface area contributed by atoms with Crippen molar-refractivity contribution in [3.05, 3.63) is 70.2 Å². The van der Waals surface area contributed by atoms with Crippen LogP contribution < -0.4 is 5.32 Å². The maximum Gasteiger partial charge on any atom is 0.224 e. The average molecular weight is 417 g/mol. The average Bonchev–Trinajstić information content (AvgIpc) is 2.69. The maximum absolute atomic E-state index is 12.6. The number of nitrogens with zero attached hydrogens (tertiary/aromatic N) is 1. The molecule has 1 amide bonds. The number of halogens is 1. The van der Waals surface area contributed by atoms with E-state index in [-0.39, 0.29) is 11.8 Å². The molecule has 0 radical (unpaired) electrons. The summed E-state index contributed by atoms with van der Waals surface area (Å²) in [5.41, 5.74) is 3.89. The molecular weight excluding hydrogens is 388 g/mol. The standard InChI is InChI=1S/C23H29ClN2OS/c1-18-4-2-5-20(14-18)15-26-12-3-6-21(16-26)23(27)25-11-13-28-17-19-7-9-22(24)10-8-19/h2,4-5,7-10,14,21H,3,6,11-13,15-17H2,1H3,(H,25,27). The molecule has 3 nitrogen and oxygen atoms in total. The minimum absolute atomic E-state index is 0.111. The molecule has 0 aliphatic carbocycles. The normalized spacial score (nSPS) is 17.4. The van der Waals surface area contributed by atoms with Gasteiger partial charge < -0.3 is 5.32 Å². The summed E-state index contributed by atoms with van der Waals surface area (Å²) in [5.74, 6) is 2.19. The zero-order valence-corrected chi connectivity index (χ0v) is 18.1. The molecule has 0 aromatic heterocycles. The highest BCUT2D eigenvalue weighted by Gasteiger charge is 2.25. The lowest BCUT2D eigenvalue weighted by atomic mass is 9.96. The molecule has 0 saturated carbocycles. The first-order chi connectivity index (χ1) is 13.6. The molecule has 5 heteroatoms. The number of hydrogen-bond donors (Lipinski definition) is 1. The summed E-state index contributed by atoms with van der Waals surface area (Å²) in [4.78, 5) is 15.0. The van der Waals surface area contributed by atoms with Crippen LogP contribution in [0.4, 0.5) is 0 Å². The van der Waals surface area contributed by atoms with Crippen molar-refractivity contribution in [2.75, 3.05) is 25.4 Å². The van der Waals surface area contributed by atoms with Gasteiger partial charge in [-0.3, -0.25) is 9.69 Å².